The SMILES string of the molecule is Cc1cc([N+](=O)[O-])c2c(c1C)[C@@H]1C=CC[C@@H]1[C@H](c1ccc(Cl)c([N+](=O)[O-])c1)N2. The van der Waals surface area contributed by atoms with Crippen molar-refractivity contribution in [1.29, 1.82) is 0 Å². The molecule has 0 radical (unpaired) electrons. The summed E-state index contributed by atoms with van der Waals surface area (Å²) in [5, 5.41) is 26.4. The number of hydrogen-bond acceptors (Lipinski definition) is 5. The second-order valence-electron chi connectivity index (χ2n) is 7.33. The van der Waals surface area contributed by atoms with Crippen molar-refractivity contribution in [1.82, 2.24) is 0 Å². The molecule has 1 N–H and O–H groups in total. The van der Waals surface area contributed by atoms with Gasteiger partial charge in [-0.15, -0.1) is 0 Å². The average Bonchev–Trinajstić information content (AvgIpc) is 3.13. The highest BCUT2D eigenvalue weighted by molar-refractivity contribution is 6.32. The number of nitrogens with one attached hydrogen (secondary N) is 1. The predicted octanol–water partition coefficient (Wildman–Crippen LogP) is 5.60. The van der Waals surface area contributed by atoms with Gasteiger partial charge in [0.05, 0.1) is 15.9 Å². The second kappa shape index (κ2) is 6.60. The van der Waals surface area contributed by atoms with Crippen LogP contribution in [0.15, 0.2) is 36.4 Å². The van der Waals surface area contributed by atoms with Gasteiger partial charge in [0.2, 0.25) is 0 Å². The zero-order chi connectivity index (χ0) is 20.2. The average molecular weight is 400 g/mol. The lowest BCUT2D eigenvalue weighted by atomic mass is 9.74. The molecule has 0 saturated heterocycles. The van der Waals surface area contributed by atoms with Gasteiger partial charge in [-0.2, -0.15) is 0 Å². The standard InChI is InChI=1S/C20H18ClN3O4/c1-10-8-17(24(27)28)20-18(11(10)2)13-4-3-5-14(13)19(22-20)12-6-7-15(21)16(9-12)23(25)26/h3-4,6-9,13-14,19,22H,5H2,1-2H3/t13-,14+,19+/m1/s1. The molecule has 2 aromatic carbocycles. The van der Waals surface area contributed by atoms with Crippen LogP contribution in [-0.2, 0) is 0 Å². The van der Waals surface area contributed by atoms with Gasteiger partial charge in [0.15, 0.2) is 0 Å². The number of allylic oxidation sites excluding steroid dienone is 2. The Morgan fingerprint density at radius 3 is 2.50 bits per heavy atom. The number of nitrogens with zero attached hydrogens (tertiary/aromatic N) is 2. The molecule has 7 nitrogen and oxygen atoms in total. The molecule has 0 fully saturated rings. The van der Waals surface area contributed by atoms with E-state index in [0.717, 1.165) is 23.1 Å². The molecular weight excluding hydrogens is 382 g/mol. The van der Waals surface area contributed by atoms with Crippen LogP contribution in [0.1, 0.15) is 40.6 Å². The van der Waals surface area contributed by atoms with Crippen LogP contribution in [-0.4, -0.2) is 9.85 Å². The van der Waals surface area contributed by atoms with E-state index >= 15 is 0 Å². The van der Waals surface area contributed by atoms with E-state index in [1.54, 1.807) is 12.1 Å². The van der Waals surface area contributed by atoms with Crippen molar-refractivity contribution < 1.29 is 9.85 Å². The maximum atomic E-state index is 11.7. The Labute approximate surface area is 166 Å². The first kappa shape index (κ1) is 18.4. The van der Waals surface area contributed by atoms with Crippen LogP contribution in [0.3, 0.4) is 0 Å². The summed E-state index contributed by atoms with van der Waals surface area (Å²) in [4.78, 5) is 22.1. The predicted molar refractivity (Wildman–Crippen MR) is 107 cm³/mol. The lowest BCUT2D eigenvalue weighted by molar-refractivity contribution is -0.384. The van der Waals surface area contributed by atoms with E-state index in [4.69, 9.17) is 11.6 Å². The van der Waals surface area contributed by atoms with E-state index in [9.17, 15) is 20.2 Å². The molecule has 2 aromatic rings. The van der Waals surface area contributed by atoms with Crippen molar-refractivity contribution >= 4 is 28.7 Å². The Morgan fingerprint density at radius 2 is 1.82 bits per heavy atom. The van der Waals surface area contributed by atoms with Gasteiger partial charge in [0.25, 0.3) is 11.4 Å². The van der Waals surface area contributed by atoms with Crippen molar-refractivity contribution in [3.63, 3.8) is 0 Å². The molecule has 2 aliphatic rings. The number of fused-ring (bicyclic) bond motifs is 3. The summed E-state index contributed by atoms with van der Waals surface area (Å²) >= 11 is 5.96. The van der Waals surface area contributed by atoms with Crippen molar-refractivity contribution in [3.05, 3.63) is 83.9 Å². The molecule has 4 rings (SSSR count). The topological polar surface area (TPSA) is 98.3 Å². The van der Waals surface area contributed by atoms with Crippen LogP contribution < -0.4 is 5.32 Å². The molecule has 0 bridgehead atoms. The van der Waals surface area contributed by atoms with Gasteiger partial charge in [-0.3, -0.25) is 20.2 Å². The molecule has 0 spiro atoms. The Bertz CT molecular complexity index is 1050. The molecular formula is C20H18ClN3O4. The third-order valence-corrected chi connectivity index (χ3v) is 6.19. The smallest absolute Gasteiger partial charge is 0.292 e. The van der Waals surface area contributed by atoms with Gasteiger partial charge >= 0.3 is 0 Å². The van der Waals surface area contributed by atoms with Gasteiger partial charge in [0.1, 0.15) is 10.7 Å². The number of benzene rings is 2. The summed E-state index contributed by atoms with van der Waals surface area (Å²) in [6, 6.07) is 6.03. The summed E-state index contributed by atoms with van der Waals surface area (Å²) in [6.45, 7) is 3.86. The fourth-order valence-corrected chi connectivity index (χ4v) is 4.60. The molecule has 1 aliphatic heterocycles. The molecule has 3 atom stereocenters. The van der Waals surface area contributed by atoms with E-state index < -0.39 is 4.92 Å². The molecule has 0 saturated carbocycles. The lowest BCUT2D eigenvalue weighted by Crippen LogP contribution is -2.30. The van der Waals surface area contributed by atoms with Crippen LogP contribution in [0, 0.1) is 40.0 Å². The maximum absolute atomic E-state index is 11.7. The molecule has 144 valence electrons. The number of hydrogen-bond donors (Lipinski definition) is 1. The largest absolute Gasteiger partial charge is 0.372 e. The molecule has 0 amide bonds. The van der Waals surface area contributed by atoms with Crippen molar-refractivity contribution in [2.45, 2.75) is 32.2 Å². The molecule has 8 heteroatoms. The maximum Gasteiger partial charge on any atom is 0.292 e. The quantitative estimate of drug-likeness (QED) is 0.411. The van der Waals surface area contributed by atoms with Gasteiger partial charge in [-0.1, -0.05) is 29.8 Å². The molecule has 28 heavy (non-hydrogen) atoms. The fraction of sp³-hybridized carbons (Fsp3) is 0.300. The van der Waals surface area contributed by atoms with Crippen LogP contribution in [0.4, 0.5) is 17.1 Å². The third-order valence-electron chi connectivity index (χ3n) is 5.87. The van der Waals surface area contributed by atoms with Gasteiger partial charge < -0.3 is 5.32 Å². The number of anilines is 1. The van der Waals surface area contributed by atoms with Gasteiger partial charge in [0, 0.05) is 18.1 Å². The lowest BCUT2D eigenvalue weighted by Gasteiger charge is -2.38. The molecule has 1 aliphatic carbocycles. The molecule has 0 aromatic heterocycles. The minimum atomic E-state index is -0.511. The first-order chi connectivity index (χ1) is 13.3. The zero-order valence-corrected chi connectivity index (χ0v) is 16.1. The van der Waals surface area contributed by atoms with E-state index in [2.05, 4.69) is 17.5 Å². The van der Waals surface area contributed by atoms with E-state index in [0.29, 0.717) is 11.3 Å². The van der Waals surface area contributed by atoms with E-state index in [1.807, 2.05) is 13.8 Å². The van der Waals surface area contributed by atoms with Crippen LogP contribution >= 0.6 is 11.6 Å². The van der Waals surface area contributed by atoms with E-state index in [-0.39, 0.29) is 39.2 Å². The normalized spacial score (nSPS) is 22.3. The summed E-state index contributed by atoms with van der Waals surface area (Å²) in [7, 11) is 0. The summed E-state index contributed by atoms with van der Waals surface area (Å²) < 4.78 is 0. The Morgan fingerprint density at radius 1 is 1.11 bits per heavy atom. The van der Waals surface area contributed by atoms with Crippen LogP contribution in [0.25, 0.3) is 0 Å². The first-order valence-corrected chi connectivity index (χ1v) is 9.33. The zero-order valence-electron chi connectivity index (χ0n) is 15.3. The number of aryl methyl sites for hydroxylation is 1. The molecule has 1 heterocycles. The first-order valence-electron chi connectivity index (χ1n) is 8.95. The number of nitro groups is 2. The van der Waals surface area contributed by atoms with Crippen molar-refractivity contribution in [2.24, 2.45) is 5.92 Å². The van der Waals surface area contributed by atoms with Crippen LogP contribution in [0.5, 0.6) is 0 Å². The summed E-state index contributed by atoms with van der Waals surface area (Å²) in [6.07, 6.45) is 4.97. The number of halogens is 1. The minimum Gasteiger partial charge on any atom is -0.372 e. The highest BCUT2D eigenvalue weighted by atomic mass is 35.5. The fourth-order valence-electron chi connectivity index (χ4n) is 4.42. The number of nitro benzene ring substituents is 2. The minimum absolute atomic E-state index is 0.0228. The summed E-state index contributed by atoms with van der Waals surface area (Å²) in [5.74, 6) is 0.142. The van der Waals surface area contributed by atoms with Gasteiger partial charge in [-0.05, 0) is 54.5 Å². The monoisotopic (exact) mass is 399 g/mol. The highest BCUT2D eigenvalue weighted by Crippen LogP contribution is 2.54. The Hall–Kier alpha value is -2.93. The second-order valence-corrected chi connectivity index (χ2v) is 7.73. The van der Waals surface area contributed by atoms with Crippen molar-refractivity contribution in [3.8, 4) is 0 Å². The number of rotatable bonds is 3. The molecule has 0 unspecified atom stereocenters. The van der Waals surface area contributed by atoms with Crippen LogP contribution in [0.2, 0.25) is 5.02 Å². The highest BCUT2D eigenvalue weighted by Gasteiger charge is 2.42. The third kappa shape index (κ3) is 2.74. The Balaban J connectivity index is 1.90. The summed E-state index contributed by atoms with van der Waals surface area (Å²) in [5.41, 5.74) is 3.94. The van der Waals surface area contributed by atoms with Crippen molar-refractivity contribution in [2.75, 3.05) is 5.32 Å². The Kier molecular flexibility index (Phi) is 4.34. The van der Waals surface area contributed by atoms with Gasteiger partial charge in [-0.25, -0.2) is 0 Å². The van der Waals surface area contributed by atoms with E-state index in [1.165, 1.54) is 12.1 Å².